The maximum atomic E-state index is 11.6. The van der Waals surface area contributed by atoms with Crippen molar-refractivity contribution in [3.8, 4) is 0 Å². The zero-order valence-electron chi connectivity index (χ0n) is 13.1. The Morgan fingerprint density at radius 1 is 1.32 bits per heavy atom. The monoisotopic (exact) mass is 303 g/mol. The summed E-state index contributed by atoms with van der Waals surface area (Å²) in [6.07, 6.45) is 0. The Kier molecular flexibility index (Phi) is 4.94. The predicted octanol–water partition coefficient (Wildman–Crippen LogP) is 3.29. The molecule has 1 aromatic heterocycles. The Balaban J connectivity index is 3.28. The normalized spacial score (nSPS) is 12.9. The summed E-state index contributed by atoms with van der Waals surface area (Å²) in [6.45, 7) is 15.2. The third kappa shape index (κ3) is 3.63. The molecule has 1 heterocycles. The Labute approximate surface area is 127 Å². The second-order valence-corrected chi connectivity index (χ2v) is 5.65. The molecule has 0 saturated heterocycles. The van der Waals surface area contributed by atoms with Crippen molar-refractivity contribution in [1.29, 1.82) is 0 Å². The van der Waals surface area contributed by atoms with Crippen molar-refractivity contribution >= 4 is 23.1 Å². The number of aliphatic hydroxyl groups is 1. The first-order chi connectivity index (χ1) is 10.1. The number of carbonyl (C=O) groups excluding carboxylic acids is 2. The highest BCUT2D eigenvalue weighted by molar-refractivity contribution is 6.42. The summed E-state index contributed by atoms with van der Waals surface area (Å²) < 4.78 is 0. The number of nitrogens with zero attached hydrogens (tertiary/aromatic N) is 4. The molecule has 1 aromatic rings. The van der Waals surface area contributed by atoms with Crippen LogP contribution in [0.5, 0.6) is 0 Å². The molecule has 0 radical (unpaired) electrons. The first-order valence-electron chi connectivity index (χ1n) is 6.42. The van der Waals surface area contributed by atoms with Crippen LogP contribution in [0.1, 0.15) is 40.3 Å². The fourth-order valence-corrected chi connectivity index (χ4v) is 1.57. The van der Waals surface area contributed by atoms with Crippen LogP contribution in [0.2, 0.25) is 0 Å². The molecule has 0 fully saturated rings. The molecule has 0 aliphatic carbocycles. The van der Waals surface area contributed by atoms with Gasteiger partial charge in [-0.1, -0.05) is 20.8 Å². The van der Waals surface area contributed by atoms with Crippen molar-refractivity contribution in [1.82, 2.24) is 10.2 Å². The van der Waals surface area contributed by atoms with Gasteiger partial charge in [-0.15, -0.1) is 10.2 Å². The van der Waals surface area contributed by atoms with Crippen LogP contribution in [-0.2, 0) is 15.0 Å². The van der Waals surface area contributed by atoms with E-state index in [0.717, 1.165) is 6.92 Å². The van der Waals surface area contributed by atoms with Crippen LogP contribution in [0.25, 0.3) is 4.85 Å². The molecule has 8 heteroatoms. The molecule has 0 atom stereocenters. The highest BCUT2D eigenvalue weighted by Crippen LogP contribution is 2.37. The van der Waals surface area contributed by atoms with E-state index in [-0.39, 0.29) is 16.9 Å². The molecule has 0 amide bonds. The Morgan fingerprint density at radius 2 is 1.91 bits per heavy atom. The summed E-state index contributed by atoms with van der Waals surface area (Å²) in [5.41, 5.74) is -0.0488. The highest BCUT2D eigenvalue weighted by atomic mass is 16.3. The molecule has 0 saturated carbocycles. The van der Waals surface area contributed by atoms with E-state index in [9.17, 15) is 14.7 Å². The highest BCUT2D eigenvalue weighted by Gasteiger charge is 2.24. The third-order valence-corrected chi connectivity index (χ3v) is 2.71. The molecule has 2 N–H and O–H groups in total. The van der Waals surface area contributed by atoms with Gasteiger partial charge in [0.2, 0.25) is 11.6 Å². The SMILES string of the molecule is [C-]#[N+]c1c(/N=N/C(C(=O)C(C)=O)=C(/C)O)n[nH]c1C(C)(C)C. The molecule has 0 spiro atoms. The number of allylic oxidation sites excluding steroid dienone is 2. The maximum absolute atomic E-state index is 11.6. The first-order valence-corrected chi connectivity index (χ1v) is 6.42. The number of aromatic amines is 1. The number of H-pyrrole nitrogens is 1. The number of rotatable bonds is 4. The minimum absolute atomic E-state index is 0.00460. The molecular weight excluding hydrogens is 286 g/mol. The van der Waals surface area contributed by atoms with Crippen molar-refractivity contribution in [2.45, 2.75) is 40.0 Å². The lowest BCUT2D eigenvalue weighted by atomic mass is 9.91. The van der Waals surface area contributed by atoms with Crippen LogP contribution in [0.15, 0.2) is 21.7 Å². The summed E-state index contributed by atoms with van der Waals surface area (Å²) in [5.74, 6) is -2.17. The minimum Gasteiger partial charge on any atom is -0.510 e. The number of carbonyl (C=O) groups is 2. The van der Waals surface area contributed by atoms with E-state index in [1.807, 2.05) is 20.8 Å². The largest absolute Gasteiger partial charge is 0.510 e. The standard InChI is InChI=1S/C14H17N5O3/c1-7(20)9(11(22)8(2)21)16-18-13-10(15-6)12(17-19-13)14(3,4)5/h20H,1-5H3,(H,17,19)/b9-7-,18-16+. The van der Waals surface area contributed by atoms with E-state index in [0.29, 0.717) is 5.69 Å². The topological polar surface area (TPSA) is 112 Å². The second-order valence-electron chi connectivity index (χ2n) is 5.65. The van der Waals surface area contributed by atoms with Crippen molar-refractivity contribution < 1.29 is 14.7 Å². The van der Waals surface area contributed by atoms with Crippen molar-refractivity contribution in [3.05, 3.63) is 28.6 Å². The Morgan fingerprint density at radius 3 is 2.32 bits per heavy atom. The number of Topliss-reactive ketones (excluding diaryl/α,β-unsaturated/α-hetero) is 2. The molecule has 1 rings (SSSR count). The zero-order valence-corrected chi connectivity index (χ0v) is 13.1. The number of aliphatic hydroxyl groups excluding tert-OH is 1. The number of hydrogen-bond acceptors (Lipinski definition) is 6. The van der Waals surface area contributed by atoms with E-state index in [1.54, 1.807) is 0 Å². The number of hydrogen-bond donors (Lipinski definition) is 2. The van der Waals surface area contributed by atoms with Gasteiger partial charge in [0, 0.05) is 12.6 Å². The zero-order chi connectivity index (χ0) is 17.1. The van der Waals surface area contributed by atoms with Gasteiger partial charge >= 0.3 is 0 Å². The fraction of sp³-hybridized carbons (Fsp3) is 0.429. The number of ketones is 2. The fourth-order valence-electron chi connectivity index (χ4n) is 1.57. The molecule has 22 heavy (non-hydrogen) atoms. The van der Waals surface area contributed by atoms with E-state index in [2.05, 4.69) is 25.3 Å². The lowest BCUT2D eigenvalue weighted by molar-refractivity contribution is -0.133. The van der Waals surface area contributed by atoms with Gasteiger partial charge in [0.1, 0.15) is 5.76 Å². The Hall–Kier alpha value is -2.82. The third-order valence-electron chi connectivity index (χ3n) is 2.71. The molecular formula is C14H17N5O3. The van der Waals surface area contributed by atoms with Crippen LogP contribution in [-0.4, -0.2) is 26.9 Å². The van der Waals surface area contributed by atoms with Gasteiger partial charge in [0.05, 0.1) is 6.57 Å². The number of aromatic nitrogens is 2. The lowest BCUT2D eigenvalue weighted by Crippen LogP contribution is -2.12. The van der Waals surface area contributed by atoms with Gasteiger partial charge < -0.3 is 5.11 Å². The van der Waals surface area contributed by atoms with Gasteiger partial charge in [0.15, 0.2) is 5.70 Å². The smallest absolute Gasteiger partial charge is 0.255 e. The van der Waals surface area contributed by atoms with Gasteiger partial charge in [0.25, 0.3) is 11.5 Å². The van der Waals surface area contributed by atoms with Crippen LogP contribution in [0.4, 0.5) is 11.5 Å². The predicted molar refractivity (Wildman–Crippen MR) is 79.1 cm³/mol. The molecule has 0 unspecified atom stereocenters. The van der Waals surface area contributed by atoms with Gasteiger partial charge in [-0.05, 0) is 12.3 Å². The number of nitrogens with one attached hydrogen (secondary N) is 1. The molecule has 0 bridgehead atoms. The van der Waals surface area contributed by atoms with Crippen LogP contribution in [0, 0.1) is 6.57 Å². The summed E-state index contributed by atoms with van der Waals surface area (Å²) in [6, 6.07) is 0. The van der Waals surface area contributed by atoms with Crippen molar-refractivity contribution in [2.24, 2.45) is 10.2 Å². The van der Waals surface area contributed by atoms with Gasteiger partial charge in [-0.2, -0.15) is 5.10 Å². The van der Waals surface area contributed by atoms with E-state index in [4.69, 9.17) is 6.57 Å². The quantitative estimate of drug-likeness (QED) is 0.292. The van der Waals surface area contributed by atoms with Crippen molar-refractivity contribution in [2.75, 3.05) is 0 Å². The molecule has 0 aromatic carbocycles. The summed E-state index contributed by atoms with van der Waals surface area (Å²) in [7, 11) is 0. The van der Waals surface area contributed by atoms with E-state index >= 15 is 0 Å². The maximum Gasteiger partial charge on any atom is 0.255 e. The number of azo groups is 1. The second kappa shape index (κ2) is 6.30. The first kappa shape index (κ1) is 17.2. The summed E-state index contributed by atoms with van der Waals surface area (Å²) >= 11 is 0. The lowest BCUT2D eigenvalue weighted by Gasteiger charge is -2.16. The Bertz CT molecular complexity index is 710. The minimum atomic E-state index is -0.959. The van der Waals surface area contributed by atoms with Crippen molar-refractivity contribution in [3.63, 3.8) is 0 Å². The molecule has 0 aliphatic heterocycles. The summed E-state index contributed by atoms with van der Waals surface area (Å²) in [4.78, 5) is 26.1. The average molecular weight is 303 g/mol. The average Bonchev–Trinajstić information content (AvgIpc) is 2.81. The van der Waals surface area contributed by atoms with E-state index < -0.39 is 23.0 Å². The molecule has 116 valence electrons. The molecule has 0 aliphatic rings. The van der Waals surface area contributed by atoms with Crippen LogP contribution < -0.4 is 0 Å². The van der Waals surface area contributed by atoms with Crippen LogP contribution in [0.3, 0.4) is 0 Å². The van der Waals surface area contributed by atoms with Gasteiger partial charge in [-0.3, -0.25) is 14.7 Å². The van der Waals surface area contributed by atoms with E-state index in [1.165, 1.54) is 6.92 Å². The molecule has 8 nitrogen and oxygen atoms in total. The van der Waals surface area contributed by atoms with Crippen LogP contribution >= 0.6 is 0 Å². The summed E-state index contributed by atoms with van der Waals surface area (Å²) in [5, 5.41) is 23.3. The van der Waals surface area contributed by atoms with Gasteiger partial charge in [-0.25, -0.2) is 4.85 Å².